The van der Waals surface area contributed by atoms with E-state index in [4.69, 9.17) is 16.3 Å². The molecule has 0 aliphatic heterocycles. The molecule has 2 nitrogen and oxygen atoms in total. The van der Waals surface area contributed by atoms with Crippen LogP contribution in [0.4, 0.5) is 0 Å². The summed E-state index contributed by atoms with van der Waals surface area (Å²) < 4.78 is 5.47. The number of aryl methyl sites for hydroxylation is 1. The van der Waals surface area contributed by atoms with Crippen molar-refractivity contribution in [3.05, 3.63) is 50.7 Å². The van der Waals surface area contributed by atoms with Crippen LogP contribution in [-0.4, -0.2) is 13.7 Å². The van der Waals surface area contributed by atoms with E-state index in [1.165, 1.54) is 10.4 Å². The molecule has 1 aromatic heterocycles. The Kier molecular flexibility index (Phi) is 4.86. The molecule has 0 saturated carbocycles. The van der Waals surface area contributed by atoms with Crippen molar-refractivity contribution < 1.29 is 4.74 Å². The summed E-state index contributed by atoms with van der Waals surface area (Å²) >= 11 is 7.90. The molecule has 1 heterocycles. The van der Waals surface area contributed by atoms with E-state index >= 15 is 0 Å². The summed E-state index contributed by atoms with van der Waals surface area (Å²) in [4.78, 5) is 1.31. The van der Waals surface area contributed by atoms with Crippen LogP contribution in [0.1, 0.15) is 29.0 Å². The number of rotatable bonds is 5. The SMILES string of the molecule is CCNC(c1cc(Cl)ccc1OC)c1ccsc1C. The van der Waals surface area contributed by atoms with Gasteiger partial charge in [0.15, 0.2) is 0 Å². The highest BCUT2D eigenvalue weighted by Crippen LogP contribution is 2.35. The number of halogens is 1. The Morgan fingerprint density at radius 2 is 2.11 bits per heavy atom. The maximum atomic E-state index is 6.14. The molecule has 0 aliphatic rings. The van der Waals surface area contributed by atoms with E-state index in [0.29, 0.717) is 0 Å². The Bertz CT molecular complexity index is 553. The second-order valence-corrected chi connectivity index (χ2v) is 5.87. The van der Waals surface area contributed by atoms with Crippen molar-refractivity contribution in [2.75, 3.05) is 13.7 Å². The molecule has 0 amide bonds. The van der Waals surface area contributed by atoms with Crippen LogP contribution in [0.2, 0.25) is 5.02 Å². The van der Waals surface area contributed by atoms with E-state index in [1.54, 1.807) is 18.4 Å². The molecule has 2 aromatic rings. The summed E-state index contributed by atoms with van der Waals surface area (Å²) in [5, 5.41) is 6.36. The quantitative estimate of drug-likeness (QED) is 0.882. The van der Waals surface area contributed by atoms with Gasteiger partial charge in [-0.3, -0.25) is 0 Å². The third-order valence-electron chi connectivity index (χ3n) is 3.12. The number of hydrogen-bond donors (Lipinski definition) is 1. The molecule has 0 bridgehead atoms. The molecule has 1 unspecified atom stereocenters. The van der Waals surface area contributed by atoms with E-state index in [1.807, 2.05) is 18.2 Å². The lowest BCUT2D eigenvalue weighted by atomic mass is 9.98. The van der Waals surface area contributed by atoms with Crippen LogP contribution in [0, 0.1) is 6.92 Å². The second-order valence-electron chi connectivity index (χ2n) is 4.31. The Hall–Kier alpha value is -1.03. The van der Waals surface area contributed by atoms with Crippen molar-refractivity contribution in [2.24, 2.45) is 0 Å². The van der Waals surface area contributed by atoms with Crippen molar-refractivity contribution in [2.45, 2.75) is 19.9 Å². The zero-order chi connectivity index (χ0) is 13.8. The molecule has 1 N–H and O–H groups in total. The Morgan fingerprint density at radius 3 is 2.68 bits per heavy atom. The largest absolute Gasteiger partial charge is 0.496 e. The summed E-state index contributed by atoms with van der Waals surface area (Å²) in [5.74, 6) is 0.862. The highest BCUT2D eigenvalue weighted by Gasteiger charge is 2.20. The van der Waals surface area contributed by atoms with Crippen molar-refractivity contribution in [1.82, 2.24) is 5.32 Å². The van der Waals surface area contributed by atoms with E-state index in [9.17, 15) is 0 Å². The molecule has 0 radical (unpaired) electrons. The van der Waals surface area contributed by atoms with Crippen LogP contribution in [-0.2, 0) is 0 Å². The van der Waals surface area contributed by atoms with Crippen molar-refractivity contribution in [3.63, 3.8) is 0 Å². The summed E-state index contributed by atoms with van der Waals surface area (Å²) in [6.45, 7) is 5.13. The summed E-state index contributed by atoms with van der Waals surface area (Å²) in [5.41, 5.74) is 2.37. The fourth-order valence-electron chi connectivity index (χ4n) is 2.22. The standard InChI is InChI=1S/C15H18ClNOS/c1-4-17-15(12-7-8-19-10(12)2)13-9-11(16)5-6-14(13)18-3/h5-9,15,17H,4H2,1-3H3. The first-order chi connectivity index (χ1) is 9.17. The van der Waals surface area contributed by atoms with Crippen molar-refractivity contribution in [1.29, 1.82) is 0 Å². The van der Waals surface area contributed by atoms with Gasteiger partial charge in [-0.2, -0.15) is 0 Å². The summed E-state index contributed by atoms with van der Waals surface area (Å²) in [6.07, 6.45) is 0. The molecule has 4 heteroatoms. The average Bonchev–Trinajstić information content (AvgIpc) is 2.82. The van der Waals surface area contributed by atoms with Crippen LogP contribution in [0.25, 0.3) is 0 Å². The van der Waals surface area contributed by atoms with Crippen LogP contribution < -0.4 is 10.1 Å². The van der Waals surface area contributed by atoms with Gasteiger partial charge in [0.05, 0.1) is 13.2 Å². The van der Waals surface area contributed by atoms with Crippen LogP contribution >= 0.6 is 22.9 Å². The topological polar surface area (TPSA) is 21.3 Å². The minimum atomic E-state index is 0.116. The van der Waals surface area contributed by atoms with E-state index in [-0.39, 0.29) is 6.04 Å². The Balaban J connectivity index is 2.50. The maximum Gasteiger partial charge on any atom is 0.124 e. The normalized spacial score (nSPS) is 12.4. The van der Waals surface area contributed by atoms with Gasteiger partial charge < -0.3 is 10.1 Å². The fraction of sp³-hybridized carbons (Fsp3) is 0.333. The first kappa shape index (κ1) is 14.4. The number of nitrogens with one attached hydrogen (secondary N) is 1. The third kappa shape index (κ3) is 3.11. The smallest absolute Gasteiger partial charge is 0.124 e. The highest BCUT2D eigenvalue weighted by atomic mass is 35.5. The Morgan fingerprint density at radius 1 is 1.32 bits per heavy atom. The predicted molar refractivity (Wildman–Crippen MR) is 82.6 cm³/mol. The molecular formula is C15H18ClNOS. The lowest BCUT2D eigenvalue weighted by Gasteiger charge is -2.21. The minimum absolute atomic E-state index is 0.116. The molecular weight excluding hydrogens is 278 g/mol. The number of hydrogen-bond acceptors (Lipinski definition) is 3. The fourth-order valence-corrected chi connectivity index (χ4v) is 3.14. The van der Waals surface area contributed by atoms with Crippen LogP contribution in [0.3, 0.4) is 0 Å². The molecule has 0 saturated heterocycles. The van der Waals surface area contributed by atoms with Gasteiger partial charge in [0.25, 0.3) is 0 Å². The number of ether oxygens (including phenoxy) is 1. The van der Waals surface area contributed by atoms with E-state index in [0.717, 1.165) is 22.9 Å². The summed E-state index contributed by atoms with van der Waals surface area (Å²) in [6, 6.07) is 8.03. The maximum absolute atomic E-state index is 6.14. The van der Waals surface area contributed by atoms with Gasteiger partial charge in [0, 0.05) is 15.5 Å². The van der Waals surface area contributed by atoms with Gasteiger partial charge >= 0.3 is 0 Å². The Labute approximate surface area is 123 Å². The molecule has 2 rings (SSSR count). The van der Waals surface area contributed by atoms with Gasteiger partial charge in [0.2, 0.25) is 0 Å². The van der Waals surface area contributed by atoms with E-state index in [2.05, 4.69) is 30.6 Å². The lowest BCUT2D eigenvalue weighted by molar-refractivity contribution is 0.404. The molecule has 1 aromatic carbocycles. The molecule has 102 valence electrons. The van der Waals surface area contributed by atoms with Gasteiger partial charge in [-0.05, 0) is 48.7 Å². The molecule has 0 aliphatic carbocycles. The van der Waals surface area contributed by atoms with Gasteiger partial charge in [-0.1, -0.05) is 18.5 Å². The number of methoxy groups -OCH3 is 1. The van der Waals surface area contributed by atoms with E-state index < -0.39 is 0 Å². The molecule has 0 fully saturated rings. The van der Waals surface area contributed by atoms with Crippen molar-refractivity contribution in [3.8, 4) is 5.75 Å². The van der Waals surface area contributed by atoms with Gasteiger partial charge in [-0.25, -0.2) is 0 Å². The molecule has 19 heavy (non-hydrogen) atoms. The zero-order valence-corrected chi connectivity index (χ0v) is 12.9. The minimum Gasteiger partial charge on any atom is -0.496 e. The number of benzene rings is 1. The average molecular weight is 296 g/mol. The zero-order valence-electron chi connectivity index (χ0n) is 11.4. The lowest BCUT2D eigenvalue weighted by Crippen LogP contribution is -2.22. The third-order valence-corrected chi connectivity index (χ3v) is 4.22. The summed E-state index contributed by atoms with van der Waals surface area (Å²) in [7, 11) is 1.69. The van der Waals surface area contributed by atoms with Crippen LogP contribution in [0.15, 0.2) is 29.6 Å². The molecule has 1 atom stereocenters. The monoisotopic (exact) mass is 295 g/mol. The molecule has 0 spiro atoms. The van der Waals surface area contributed by atoms with Crippen molar-refractivity contribution >= 4 is 22.9 Å². The first-order valence-electron chi connectivity index (χ1n) is 6.28. The van der Waals surface area contributed by atoms with Gasteiger partial charge in [0.1, 0.15) is 5.75 Å². The second kappa shape index (κ2) is 6.42. The predicted octanol–water partition coefficient (Wildman–Crippen LogP) is 4.42. The number of thiophene rings is 1. The van der Waals surface area contributed by atoms with Gasteiger partial charge in [-0.15, -0.1) is 11.3 Å². The van der Waals surface area contributed by atoms with Crippen LogP contribution in [0.5, 0.6) is 5.75 Å². The highest BCUT2D eigenvalue weighted by molar-refractivity contribution is 7.10. The first-order valence-corrected chi connectivity index (χ1v) is 7.54.